The van der Waals surface area contributed by atoms with Crippen LogP contribution < -0.4 is 5.73 Å². The number of carbonyl (C=O) groups is 3. The Morgan fingerprint density at radius 3 is 2.90 bits per heavy atom. The number of ether oxygens (including phenoxy) is 1. The molecule has 1 fully saturated rings. The van der Waals surface area contributed by atoms with Crippen molar-refractivity contribution in [3.8, 4) is 11.5 Å². The Labute approximate surface area is 171 Å². The first-order valence-corrected chi connectivity index (χ1v) is 9.67. The number of nitrogens with two attached hydrogens (primary N) is 1. The maximum Gasteiger partial charge on any atom is 0.310 e. The number of esters is 1. The summed E-state index contributed by atoms with van der Waals surface area (Å²) in [5, 5.41) is 0. The normalized spacial score (nSPS) is 16.6. The van der Waals surface area contributed by atoms with E-state index in [1.165, 1.54) is 17.0 Å². The van der Waals surface area contributed by atoms with E-state index in [9.17, 15) is 14.4 Å². The Bertz CT molecular complexity index is 1100. The van der Waals surface area contributed by atoms with Crippen molar-refractivity contribution >= 4 is 23.4 Å². The van der Waals surface area contributed by atoms with Crippen LogP contribution in [0.15, 0.2) is 35.2 Å². The van der Waals surface area contributed by atoms with Gasteiger partial charge in [0.2, 0.25) is 0 Å². The number of carbonyl (C=O) groups excluding carboxylic acids is 3. The number of nitrogens with zero attached hydrogens (tertiary/aromatic N) is 4. The summed E-state index contributed by atoms with van der Waals surface area (Å²) in [6, 6.07) is 4.97. The van der Waals surface area contributed by atoms with E-state index in [1.807, 2.05) is 0 Å². The van der Waals surface area contributed by atoms with Crippen molar-refractivity contribution in [3.05, 3.63) is 42.2 Å². The van der Waals surface area contributed by atoms with Crippen molar-refractivity contribution in [2.24, 2.45) is 11.7 Å². The third kappa shape index (κ3) is 3.51. The zero-order chi connectivity index (χ0) is 21.3. The summed E-state index contributed by atoms with van der Waals surface area (Å²) in [6.45, 7) is 2.82. The molecule has 0 bridgehead atoms. The molecule has 156 valence electrons. The van der Waals surface area contributed by atoms with Gasteiger partial charge in [0.15, 0.2) is 17.1 Å². The Balaban J connectivity index is 1.74. The molecule has 1 atom stereocenters. The molecule has 30 heavy (non-hydrogen) atoms. The van der Waals surface area contributed by atoms with Gasteiger partial charge in [-0.25, -0.2) is 9.97 Å². The zero-order valence-corrected chi connectivity index (χ0v) is 16.4. The molecule has 3 aromatic rings. The predicted octanol–water partition coefficient (Wildman–Crippen LogP) is 1.50. The van der Waals surface area contributed by atoms with Gasteiger partial charge in [0.25, 0.3) is 11.8 Å². The van der Waals surface area contributed by atoms with Gasteiger partial charge in [-0.2, -0.15) is 0 Å². The van der Waals surface area contributed by atoms with E-state index in [2.05, 4.69) is 9.97 Å². The second-order valence-corrected chi connectivity index (χ2v) is 7.00. The van der Waals surface area contributed by atoms with Gasteiger partial charge in [-0.3, -0.25) is 18.8 Å². The quantitative estimate of drug-likeness (QED) is 0.629. The SMILES string of the molecule is CCOC(=O)C1CCCN(C(=O)c2cc(-c3ccco3)nc3c(C(N)=O)ncn23)C1. The second-order valence-electron chi connectivity index (χ2n) is 7.00. The fraction of sp³-hybridized carbons (Fsp3) is 0.350. The van der Waals surface area contributed by atoms with E-state index in [1.54, 1.807) is 30.0 Å². The largest absolute Gasteiger partial charge is 0.466 e. The number of likely N-dealkylation sites (tertiary alicyclic amines) is 1. The number of rotatable bonds is 5. The van der Waals surface area contributed by atoms with E-state index < -0.39 is 5.91 Å². The molecule has 10 nitrogen and oxygen atoms in total. The number of hydrogen-bond donors (Lipinski definition) is 1. The predicted molar refractivity (Wildman–Crippen MR) is 104 cm³/mol. The molecule has 0 spiro atoms. The molecule has 0 aromatic carbocycles. The van der Waals surface area contributed by atoms with Crippen molar-refractivity contribution in [2.75, 3.05) is 19.7 Å². The lowest BCUT2D eigenvalue weighted by atomic mass is 9.98. The number of hydrogen-bond acceptors (Lipinski definition) is 7. The van der Waals surface area contributed by atoms with Crippen LogP contribution in [0, 0.1) is 5.92 Å². The number of primary amides is 1. The molecule has 0 saturated carbocycles. The first-order chi connectivity index (χ1) is 14.5. The number of fused-ring (bicyclic) bond motifs is 1. The van der Waals surface area contributed by atoms with Crippen LogP contribution >= 0.6 is 0 Å². The molecule has 1 saturated heterocycles. The average Bonchev–Trinajstić information content (AvgIpc) is 3.42. The summed E-state index contributed by atoms with van der Waals surface area (Å²) < 4.78 is 12.0. The van der Waals surface area contributed by atoms with Crippen molar-refractivity contribution in [1.82, 2.24) is 19.3 Å². The lowest BCUT2D eigenvalue weighted by molar-refractivity contribution is -0.149. The van der Waals surface area contributed by atoms with Crippen LogP contribution in [0.1, 0.15) is 40.7 Å². The molecule has 1 unspecified atom stereocenters. The highest BCUT2D eigenvalue weighted by Crippen LogP contribution is 2.25. The standard InChI is InChI=1S/C20H21N5O5/c1-2-29-20(28)12-5-3-7-24(10-12)19(27)14-9-13(15-6-4-8-30-15)23-18-16(17(21)26)22-11-25(14)18/h4,6,8-9,11-12H,2-3,5,7,10H2,1H3,(H2,21,26). The maximum atomic E-state index is 13.4. The monoisotopic (exact) mass is 411 g/mol. The number of amides is 2. The van der Waals surface area contributed by atoms with Crippen LogP contribution in [-0.2, 0) is 9.53 Å². The van der Waals surface area contributed by atoms with Crippen molar-refractivity contribution in [1.29, 1.82) is 0 Å². The molecular weight excluding hydrogens is 390 g/mol. The van der Waals surface area contributed by atoms with E-state index >= 15 is 0 Å². The zero-order valence-electron chi connectivity index (χ0n) is 16.4. The van der Waals surface area contributed by atoms with E-state index in [4.69, 9.17) is 14.9 Å². The average molecular weight is 411 g/mol. The van der Waals surface area contributed by atoms with Gasteiger partial charge in [-0.1, -0.05) is 0 Å². The Hall–Kier alpha value is -3.69. The smallest absolute Gasteiger partial charge is 0.310 e. The minimum Gasteiger partial charge on any atom is -0.466 e. The van der Waals surface area contributed by atoms with Gasteiger partial charge in [0, 0.05) is 13.1 Å². The minimum atomic E-state index is -0.750. The summed E-state index contributed by atoms with van der Waals surface area (Å²) in [5.74, 6) is -1.29. The van der Waals surface area contributed by atoms with Crippen molar-refractivity contribution in [2.45, 2.75) is 19.8 Å². The molecule has 0 radical (unpaired) electrons. The highest BCUT2D eigenvalue weighted by Gasteiger charge is 2.31. The summed E-state index contributed by atoms with van der Waals surface area (Å²) in [5.41, 5.74) is 6.16. The van der Waals surface area contributed by atoms with Crippen LogP contribution in [0.3, 0.4) is 0 Å². The van der Waals surface area contributed by atoms with E-state index in [0.717, 1.165) is 0 Å². The van der Waals surface area contributed by atoms with Crippen LogP contribution in [0.4, 0.5) is 0 Å². The third-order valence-electron chi connectivity index (χ3n) is 5.06. The number of piperidine rings is 1. The molecular formula is C20H21N5O5. The Morgan fingerprint density at radius 2 is 2.20 bits per heavy atom. The van der Waals surface area contributed by atoms with E-state index in [0.29, 0.717) is 37.4 Å². The molecule has 1 aliphatic rings. The third-order valence-corrected chi connectivity index (χ3v) is 5.06. The fourth-order valence-electron chi connectivity index (χ4n) is 3.64. The molecule has 2 N–H and O–H groups in total. The van der Waals surface area contributed by atoms with Crippen LogP contribution in [0.5, 0.6) is 0 Å². The highest BCUT2D eigenvalue weighted by molar-refractivity contribution is 5.99. The van der Waals surface area contributed by atoms with Crippen LogP contribution in [0.25, 0.3) is 17.1 Å². The van der Waals surface area contributed by atoms with Gasteiger partial charge in [0.05, 0.1) is 18.8 Å². The first kappa shape index (κ1) is 19.6. The molecule has 2 amide bonds. The minimum absolute atomic E-state index is 0.0412. The lowest BCUT2D eigenvalue weighted by Gasteiger charge is -2.31. The van der Waals surface area contributed by atoms with E-state index in [-0.39, 0.29) is 41.4 Å². The van der Waals surface area contributed by atoms with Crippen LogP contribution in [0.2, 0.25) is 0 Å². The van der Waals surface area contributed by atoms with Crippen molar-refractivity contribution < 1.29 is 23.5 Å². The second kappa shape index (κ2) is 7.97. The highest BCUT2D eigenvalue weighted by atomic mass is 16.5. The van der Waals surface area contributed by atoms with Gasteiger partial charge < -0.3 is 19.8 Å². The fourth-order valence-corrected chi connectivity index (χ4v) is 3.64. The molecule has 1 aliphatic heterocycles. The van der Waals surface area contributed by atoms with Gasteiger partial charge in [0.1, 0.15) is 17.7 Å². The summed E-state index contributed by atoms with van der Waals surface area (Å²) in [6.07, 6.45) is 4.19. The Kier molecular flexibility index (Phi) is 5.21. The molecule has 0 aliphatic carbocycles. The summed E-state index contributed by atoms with van der Waals surface area (Å²) in [4.78, 5) is 47.4. The molecule has 3 aromatic heterocycles. The molecule has 4 heterocycles. The number of furan rings is 1. The topological polar surface area (TPSA) is 133 Å². The van der Waals surface area contributed by atoms with Crippen LogP contribution in [-0.4, -0.2) is 56.7 Å². The van der Waals surface area contributed by atoms with Crippen molar-refractivity contribution in [3.63, 3.8) is 0 Å². The summed E-state index contributed by atoms with van der Waals surface area (Å²) >= 11 is 0. The first-order valence-electron chi connectivity index (χ1n) is 9.67. The molecule has 4 rings (SSSR count). The van der Waals surface area contributed by atoms with Gasteiger partial charge >= 0.3 is 5.97 Å². The Morgan fingerprint density at radius 1 is 1.37 bits per heavy atom. The number of aromatic nitrogens is 3. The lowest BCUT2D eigenvalue weighted by Crippen LogP contribution is -2.43. The number of imidazole rings is 1. The van der Waals surface area contributed by atoms with Gasteiger partial charge in [-0.05, 0) is 38.0 Å². The maximum absolute atomic E-state index is 13.4. The molecule has 10 heteroatoms. The van der Waals surface area contributed by atoms with Gasteiger partial charge in [-0.15, -0.1) is 0 Å². The summed E-state index contributed by atoms with van der Waals surface area (Å²) in [7, 11) is 0.